The lowest BCUT2D eigenvalue weighted by molar-refractivity contribution is 0.170. The predicted molar refractivity (Wildman–Crippen MR) is 88.1 cm³/mol. The van der Waals surface area contributed by atoms with E-state index in [2.05, 4.69) is 40.3 Å². The Labute approximate surface area is 135 Å². The van der Waals surface area contributed by atoms with E-state index in [1.807, 2.05) is 0 Å². The standard InChI is InChI=1S/C17H24BrNO2/c1-2-19-17(12-6-4-3-5-7-12)13-10-15-16(11-14(13)18)21-9-8-20-15/h10-12,17,19H,2-9H2,1H3. The summed E-state index contributed by atoms with van der Waals surface area (Å²) in [6, 6.07) is 4.64. The van der Waals surface area contributed by atoms with Gasteiger partial charge in [-0.3, -0.25) is 0 Å². The third-order valence-corrected chi connectivity index (χ3v) is 5.23. The van der Waals surface area contributed by atoms with Gasteiger partial charge in [-0.25, -0.2) is 0 Å². The Hall–Kier alpha value is -0.740. The van der Waals surface area contributed by atoms with E-state index in [0.29, 0.717) is 19.3 Å². The molecule has 0 bridgehead atoms. The van der Waals surface area contributed by atoms with Gasteiger partial charge in [-0.05, 0) is 43.0 Å². The maximum atomic E-state index is 5.76. The molecule has 1 aromatic carbocycles. The Morgan fingerprint density at radius 2 is 1.81 bits per heavy atom. The molecule has 116 valence electrons. The Bertz CT molecular complexity index is 486. The Morgan fingerprint density at radius 3 is 2.48 bits per heavy atom. The molecule has 0 saturated heterocycles. The molecule has 3 nitrogen and oxygen atoms in total. The van der Waals surface area contributed by atoms with E-state index >= 15 is 0 Å². The second kappa shape index (κ2) is 7.01. The first kappa shape index (κ1) is 15.2. The van der Waals surface area contributed by atoms with Crippen LogP contribution in [0.15, 0.2) is 16.6 Å². The molecule has 1 aliphatic carbocycles. The van der Waals surface area contributed by atoms with Gasteiger partial charge < -0.3 is 14.8 Å². The van der Waals surface area contributed by atoms with Crippen LogP contribution in [0.2, 0.25) is 0 Å². The molecule has 1 aliphatic heterocycles. The highest BCUT2D eigenvalue weighted by atomic mass is 79.9. The summed E-state index contributed by atoms with van der Waals surface area (Å²) in [4.78, 5) is 0. The van der Waals surface area contributed by atoms with Gasteiger partial charge in [0, 0.05) is 10.5 Å². The van der Waals surface area contributed by atoms with Gasteiger partial charge in [-0.2, -0.15) is 0 Å². The van der Waals surface area contributed by atoms with Crippen molar-refractivity contribution in [2.24, 2.45) is 5.92 Å². The second-order valence-electron chi connectivity index (χ2n) is 5.95. The van der Waals surface area contributed by atoms with Crippen molar-refractivity contribution in [3.63, 3.8) is 0 Å². The van der Waals surface area contributed by atoms with E-state index in [9.17, 15) is 0 Å². The highest BCUT2D eigenvalue weighted by Crippen LogP contribution is 2.42. The fourth-order valence-electron chi connectivity index (χ4n) is 3.54. The number of fused-ring (bicyclic) bond motifs is 1. The molecule has 1 fully saturated rings. The van der Waals surface area contributed by atoms with Gasteiger partial charge in [0.1, 0.15) is 13.2 Å². The van der Waals surface area contributed by atoms with Gasteiger partial charge in [-0.15, -0.1) is 0 Å². The van der Waals surface area contributed by atoms with Gasteiger partial charge >= 0.3 is 0 Å². The minimum atomic E-state index is 0.403. The van der Waals surface area contributed by atoms with Gasteiger partial charge in [-0.1, -0.05) is 42.1 Å². The summed E-state index contributed by atoms with van der Waals surface area (Å²) < 4.78 is 12.6. The van der Waals surface area contributed by atoms with Crippen LogP contribution in [0.25, 0.3) is 0 Å². The monoisotopic (exact) mass is 353 g/mol. The summed E-state index contributed by atoms with van der Waals surface area (Å²) in [7, 11) is 0. The topological polar surface area (TPSA) is 30.5 Å². The zero-order chi connectivity index (χ0) is 14.7. The van der Waals surface area contributed by atoms with Crippen molar-refractivity contribution in [3.05, 3.63) is 22.2 Å². The minimum absolute atomic E-state index is 0.403. The molecule has 1 heterocycles. The van der Waals surface area contributed by atoms with Crippen LogP contribution in [0, 0.1) is 5.92 Å². The molecule has 1 atom stereocenters. The molecule has 1 unspecified atom stereocenters. The van der Waals surface area contributed by atoms with Crippen LogP contribution in [-0.2, 0) is 0 Å². The van der Waals surface area contributed by atoms with Crippen molar-refractivity contribution in [2.75, 3.05) is 19.8 Å². The predicted octanol–water partition coefficient (Wildman–Crippen LogP) is 4.45. The third-order valence-electron chi connectivity index (χ3n) is 4.54. The molecule has 1 saturated carbocycles. The molecular weight excluding hydrogens is 330 g/mol. The molecule has 2 aliphatic rings. The smallest absolute Gasteiger partial charge is 0.162 e. The number of hydrogen-bond acceptors (Lipinski definition) is 3. The second-order valence-corrected chi connectivity index (χ2v) is 6.81. The first-order valence-corrected chi connectivity index (χ1v) is 8.91. The van der Waals surface area contributed by atoms with Gasteiger partial charge in [0.05, 0.1) is 0 Å². The lowest BCUT2D eigenvalue weighted by Crippen LogP contribution is -2.30. The van der Waals surface area contributed by atoms with Crippen molar-refractivity contribution in [2.45, 2.75) is 45.1 Å². The quantitative estimate of drug-likeness (QED) is 0.867. The highest BCUT2D eigenvalue weighted by Gasteiger charge is 2.27. The number of hydrogen-bond donors (Lipinski definition) is 1. The Morgan fingerprint density at radius 1 is 1.14 bits per heavy atom. The summed E-state index contributed by atoms with van der Waals surface area (Å²) in [6.45, 7) is 4.45. The summed E-state index contributed by atoms with van der Waals surface area (Å²) in [5.74, 6) is 2.46. The van der Waals surface area contributed by atoms with E-state index in [1.165, 1.54) is 37.7 Å². The van der Waals surface area contributed by atoms with Crippen LogP contribution >= 0.6 is 15.9 Å². The lowest BCUT2D eigenvalue weighted by Gasteiger charge is -2.32. The normalized spacial score (nSPS) is 20.3. The molecule has 3 rings (SSSR count). The molecule has 21 heavy (non-hydrogen) atoms. The van der Waals surface area contributed by atoms with Gasteiger partial charge in [0.25, 0.3) is 0 Å². The first-order valence-electron chi connectivity index (χ1n) is 8.12. The number of halogens is 1. The van der Waals surface area contributed by atoms with Gasteiger partial charge in [0.2, 0.25) is 0 Å². The van der Waals surface area contributed by atoms with Crippen molar-refractivity contribution >= 4 is 15.9 Å². The van der Waals surface area contributed by atoms with Crippen LogP contribution in [0.4, 0.5) is 0 Å². The van der Waals surface area contributed by atoms with Crippen LogP contribution < -0.4 is 14.8 Å². The SMILES string of the molecule is CCNC(c1cc2c(cc1Br)OCCO2)C1CCCCC1. The van der Waals surface area contributed by atoms with Crippen molar-refractivity contribution in [1.29, 1.82) is 0 Å². The first-order chi connectivity index (χ1) is 10.3. The third kappa shape index (κ3) is 3.37. The molecular formula is C17H24BrNO2. The van der Waals surface area contributed by atoms with E-state index in [1.54, 1.807) is 0 Å². The molecule has 1 aromatic rings. The summed E-state index contributed by atoms with van der Waals surface area (Å²) >= 11 is 3.74. The van der Waals surface area contributed by atoms with Crippen LogP contribution in [-0.4, -0.2) is 19.8 Å². The van der Waals surface area contributed by atoms with Crippen molar-refractivity contribution < 1.29 is 9.47 Å². The van der Waals surface area contributed by atoms with Crippen LogP contribution in [0.3, 0.4) is 0 Å². The summed E-state index contributed by atoms with van der Waals surface area (Å²) in [5.41, 5.74) is 1.31. The van der Waals surface area contributed by atoms with E-state index < -0.39 is 0 Å². The molecule has 1 N–H and O–H groups in total. The van der Waals surface area contributed by atoms with Crippen molar-refractivity contribution in [3.8, 4) is 11.5 Å². The van der Waals surface area contributed by atoms with Gasteiger partial charge in [0.15, 0.2) is 11.5 Å². The highest BCUT2D eigenvalue weighted by molar-refractivity contribution is 9.10. The summed E-state index contributed by atoms with van der Waals surface area (Å²) in [6.07, 6.45) is 6.73. The van der Waals surface area contributed by atoms with Crippen LogP contribution in [0.5, 0.6) is 11.5 Å². The Balaban J connectivity index is 1.90. The zero-order valence-corrected chi connectivity index (χ0v) is 14.2. The average Bonchev–Trinajstić information content (AvgIpc) is 2.53. The number of ether oxygens (including phenoxy) is 2. The Kier molecular flexibility index (Phi) is 5.07. The number of benzene rings is 1. The fourth-order valence-corrected chi connectivity index (χ4v) is 4.11. The molecule has 0 radical (unpaired) electrons. The fraction of sp³-hybridized carbons (Fsp3) is 0.647. The molecule has 4 heteroatoms. The van der Waals surface area contributed by atoms with E-state index in [4.69, 9.17) is 9.47 Å². The largest absolute Gasteiger partial charge is 0.486 e. The maximum absolute atomic E-state index is 5.76. The van der Waals surface area contributed by atoms with E-state index in [0.717, 1.165) is 28.4 Å². The van der Waals surface area contributed by atoms with Crippen LogP contribution in [0.1, 0.15) is 50.6 Å². The number of nitrogens with one attached hydrogen (secondary N) is 1. The maximum Gasteiger partial charge on any atom is 0.162 e. The van der Waals surface area contributed by atoms with E-state index in [-0.39, 0.29) is 0 Å². The van der Waals surface area contributed by atoms with Crippen molar-refractivity contribution in [1.82, 2.24) is 5.32 Å². The number of rotatable bonds is 4. The molecule has 0 amide bonds. The minimum Gasteiger partial charge on any atom is -0.486 e. The molecule has 0 spiro atoms. The summed E-state index contributed by atoms with van der Waals surface area (Å²) in [5, 5.41) is 3.69. The molecule has 0 aromatic heterocycles. The lowest BCUT2D eigenvalue weighted by atomic mass is 9.81. The zero-order valence-electron chi connectivity index (χ0n) is 12.7. The average molecular weight is 354 g/mol.